The lowest BCUT2D eigenvalue weighted by Crippen LogP contribution is -2.02. The molecule has 0 saturated heterocycles. The van der Waals surface area contributed by atoms with Crippen LogP contribution in [-0.2, 0) is 0 Å². The smallest absolute Gasteiger partial charge is 0.160 e. The molecule has 0 atom stereocenters. The number of benzene rings is 9. The summed E-state index contributed by atoms with van der Waals surface area (Å²) in [4.78, 5) is 16.4. The van der Waals surface area contributed by atoms with Crippen LogP contribution in [-0.4, -0.2) is 15.0 Å². The van der Waals surface area contributed by atoms with Gasteiger partial charge in [0.05, 0.1) is 22.6 Å². The Kier molecular flexibility index (Phi) is 7.50. The number of nitrogens with zero attached hydrogens (tertiary/aromatic N) is 3. The van der Waals surface area contributed by atoms with Crippen molar-refractivity contribution in [2.75, 3.05) is 0 Å². The quantitative estimate of drug-likeness (QED) is 0.164. The van der Waals surface area contributed by atoms with Crippen LogP contribution in [0.15, 0.2) is 205 Å². The number of aromatic nitrogens is 3. The van der Waals surface area contributed by atoms with Crippen molar-refractivity contribution in [3.05, 3.63) is 200 Å². The molecule has 4 heteroatoms. The van der Waals surface area contributed by atoms with Crippen LogP contribution >= 0.6 is 0 Å². The number of hydrogen-bond donors (Lipinski definition) is 0. The monoisotopic (exact) mass is 751 g/mol. The van der Waals surface area contributed by atoms with Crippen molar-refractivity contribution in [2.24, 2.45) is 0 Å². The van der Waals surface area contributed by atoms with Crippen LogP contribution in [0.3, 0.4) is 0 Å². The van der Waals surface area contributed by atoms with Gasteiger partial charge in [-0.2, -0.15) is 0 Å². The third-order valence-corrected chi connectivity index (χ3v) is 11.7. The average molecular weight is 752 g/mol. The lowest BCUT2D eigenvalue weighted by Gasteiger charge is -2.19. The molecule has 0 unspecified atom stereocenters. The molecule has 0 amide bonds. The molecule has 0 N–H and O–H groups in total. The Morgan fingerprint density at radius 3 is 1.61 bits per heavy atom. The van der Waals surface area contributed by atoms with E-state index in [4.69, 9.17) is 19.4 Å². The number of rotatable bonds is 5. The van der Waals surface area contributed by atoms with E-state index in [-0.39, 0.29) is 0 Å². The molecule has 0 radical (unpaired) electrons. The Labute approximate surface area is 339 Å². The molecule has 3 aromatic heterocycles. The van der Waals surface area contributed by atoms with E-state index in [1.165, 1.54) is 0 Å². The minimum absolute atomic E-state index is 0.674. The number of para-hydroxylation sites is 2. The number of fused-ring (bicyclic) bond motifs is 9. The molecule has 4 nitrogen and oxygen atoms in total. The van der Waals surface area contributed by atoms with Crippen molar-refractivity contribution in [3.63, 3.8) is 0 Å². The normalized spacial score (nSPS) is 11.7. The maximum absolute atomic E-state index is 6.66. The molecule has 12 rings (SSSR count). The maximum atomic E-state index is 6.66. The standard InChI is InChI=1S/C55H33N3O/c1-2-17-36(18-3-1)55-57-52(42-27-13-19-34-15-4-6-23-39(34)42)49(53(58-55)43-28-14-20-35-16-5-7-24-40(35)43)37-21-12-22-38(33-37)51-46-32-31-44-41-25-9-11-30-48(41)59-54(44)50(46)45-26-8-10-29-47(45)56-51/h1-33H. The summed E-state index contributed by atoms with van der Waals surface area (Å²) in [5.41, 5.74) is 11.3. The van der Waals surface area contributed by atoms with Gasteiger partial charge in [0, 0.05) is 54.7 Å². The van der Waals surface area contributed by atoms with Gasteiger partial charge >= 0.3 is 0 Å². The second-order valence-electron chi connectivity index (χ2n) is 15.1. The highest BCUT2D eigenvalue weighted by Gasteiger charge is 2.24. The fraction of sp³-hybridized carbons (Fsp3) is 0. The molecule has 0 aliphatic rings. The summed E-state index contributed by atoms with van der Waals surface area (Å²) in [5, 5.41) is 9.93. The van der Waals surface area contributed by atoms with Crippen LogP contribution in [0, 0.1) is 0 Å². The third-order valence-electron chi connectivity index (χ3n) is 11.7. The van der Waals surface area contributed by atoms with Gasteiger partial charge in [0.1, 0.15) is 11.2 Å². The molecule has 0 saturated carbocycles. The van der Waals surface area contributed by atoms with Crippen LogP contribution in [0.4, 0.5) is 0 Å². The summed E-state index contributed by atoms with van der Waals surface area (Å²) in [6, 6.07) is 70.2. The van der Waals surface area contributed by atoms with Crippen LogP contribution in [0.25, 0.3) is 121 Å². The average Bonchev–Trinajstić information content (AvgIpc) is 3.70. The predicted octanol–water partition coefficient (Wildman–Crippen LogP) is 14.7. The van der Waals surface area contributed by atoms with Gasteiger partial charge in [-0.25, -0.2) is 15.0 Å². The minimum Gasteiger partial charge on any atom is -0.455 e. The van der Waals surface area contributed by atoms with Crippen molar-refractivity contribution < 1.29 is 4.42 Å². The van der Waals surface area contributed by atoms with Crippen LogP contribution in [0.1, 0.15) is 0 Å². The first-order valence-corrected chi connectivity index (χ1v) is 19.9. The van der Waals surface area contributed by atoms with Crippen molar-refractivity contribution in [3.8, 4) is 56.3 Å². The zero-order chi connectivity index (χ0) is 38.9. The fourth-order valence-corrected chi connectivity index (χ4v) is 8.96. The van der Waals surface area contributed by atoms with E-state index >= 15 is 0 Å². The van der Waals surface area contributed by atoms with Crippen molar-refractivity contribution in [1.29, 1.82) is 0 Å². The van der Waals surface area contributed by atoms with Crippen molar-refractivity contribution >= 4 is 65.2 Å². The first kappa shape index (κ1) is 33.2. The summed E-state index contributed by atoms with van der Waals surface area (Å²) in [6.07, 6.45) is 0. The molecule has 12 aromatic rings. The molecule has 9 aromatic carbocycles. The van der Waals surface area contributed by atoms with Gasteiger partial charge in [-0.1, -0.05) is 176 Å². The molecule has 0 aliphatic heterocycles. The lowest BCUT2D eigenvalue weighted by atomic mass is 9.89. The molecular weight excluding hydrogens is 719 g/mol. The molecule has 0 spiro atoms. The van der Waals surface area contributed by atoms with E-state index in [9.17, 15) is 0 Å². The van der Waals surface area contributed by atoms with Crippen molar-refractivity contribution in [2.45, 2.75) is 0 Å². The summed E-state index contributed by atoms with van der Waals surface area (Å²) in [5.74, 6) is 0.674. The Morgan fingerprint density at radius 1 is 0.339 bits per heavy atom. The van der Waals surface area contributed by atoms with Gasteiger partial charge < -0.3 is 4.42 Å². The van der Waals surface area contributed by atoms with Crippen LogP contribution < -0.4 is 0 Å². The summed E-state index contributed by atoms with van der Waals surface area (Å²) in [7, 11) is 0. The SMILES string of the molecule is c1ccc(-c2nc(-c3cccc4ccccc34)c(-c3cccc(-c4nc5ccccc5c5c4ccc4c6ccccc6oc45)c3)c(-c3cccc4ccccc34)n2)cc1. The largest absolute Gasteiger partial charge is 0.455 e. The molecule has 0 fully saturated rings. The summed E-state index contributed by atoms with van der Waals surface area (Å²) < 4.78 is 6.66. The van der Waals surface area contributed by atoms with Gasteiger partial charge in [-0.3, -0.25) is 0 Å². The topological polar surface area (TPSA) is 51.8 Å². The van der Waals surface area contributed by atoms with Crippen molar-refractivity contribution in [1.82, 2.24) is 15.0 Å². The molecule has 0 aliphatic carbocycles. The van der Waals surface area contributed by atoms with Crippen LogP contribution in [0.5, 0.6) is 0 Å². The minimum atomic E-state index is 0.674. The third kappa shape index (κ3) is 5.34. The Balaban J connectivity index is 1.19. The van der Waals surface area contributed by atoms with E-state index in [2.05, 4.69) is 170 Å². The number of pyridine rings is 1. The molecular formula is C55H33N3O. The summed E-state index contributed by atoms with van der Waals surface area (Å²) in [6.45, 7) is 0. The van der Waals surface area contributed by atoms with Gasteiger partial charge in [0.15, 0.2) is 5.82 Å². The van der Waals surface area contributed by atoms with E-state index in [0.29, 0.717) is 5.82 Å². The van der Waals surface area contributed by atoms with E-state index in [1.807, 2.05) is 30.3 Å². The highest BCUT2D eigenvalue weighted by atomic mass is 16.3. The molecule has 59 heavy (non-hydrogen) atoms. The Bertz CT molecular complexity index is 3510. The number of hydrogen-bond acceptors (Lipinski definition) is 4. The highest BCUT2D eigenvalue weighted by Crippen LogP contribution is 2.45. The van der Waals surface area contributed by atoms with Gasteiger partial charge in [-0.05, 0) is 51.4 Å². The first-order valence-electron chi connectivity index (χ1n) is 19.9. The number of furan rings is 1. The Hall–Kier alpha value is -7.95. The van der Waals surface area contributed by atoms with Gasteiger partial charge in [0.25, 0.3) is 0 Å². The molecule has 3 heterocycles. The Morgan fingerprint density at radius 2 is 0.881 bits per heavy atom. The highest BCUT2D eigenvalue weighted by molar-refractivity contribution is 6.24. The molecule has 0 bridgehead atoms. The van der Waals surface area contributed by atoms with Gasteiger partial charge in [0.2, 0.25) is 0 Å². The maximum Gasteiger partial charge on any atom is 0.160 e. The molecule has 274 valence electrons. The van der Waals surface area contributed by atoms with Crippen LogP contribution in [0.2, 0.25) is 0 Å². The second-order valence-corrected chi connectivity index (χ2v) is 15.1. The fourth-order valence-electron chi connectivity index (χ4n) is 8.96. The van der Waals surface area contributed by atoms with E-state index < -0.39 is 0 Å². The van der Waals surface area contributed by atoms with Gasteiger partial charge in [-0.15, -0.1) is 0 Å². The zero-order valence-corrected chi connectivity index (χ0v) is 31.8. The second kappa shape index (κ2) is 13.3. The first-order chi connectivity index (χ1) is 29.3. The zero-order valence-electron chi connectivity index (χ0n) is 31.8. The summed E-state index contributed by atoms with van der Waals surface area (Å²) >= 11 is 0. The predicted molar refractivity (Wildman–Crippen MR) is 244 cm³/mol. The lowest BCUT2D eigenvalue weighted by molar-refractivity contribution is 0.673. The van der Waals surface area contributed by atoms with E-state index in [1.54, 1.807) is 0 Å². The van der Waals surface area contributed by atoms with E-state index in [0.717, 1.165) is 116 Å².